The van der Waals surface area contributed by atoms with E-state index in [1.54, 1.807) is 4.57 Å². The van der Waals surface area contributed by atoms with E-state index in [-0.39, 0.29) is 22.8 Å². The van der Waals surface area contributed by atoms with Gasteiger partial charge >= 0.3 is 0 Å². The first-order valence-corrected chi connectivity index (χ1v) is 13.3. The number of unbranched alkanes of at least 4 members (excludes halogenated alkanes) is 1. The summed E-state index contributed by atoms with van der Waals surface area (Å²) in [4.78, 5) is 33.2. The largest absolute Gasteiger partial charge is 0.379 e. The molecule has 33 heavy (non-hydrogen) atoms. The van der Waals surface area contributed by atoms with Crippen molar-refractivity contribution < 1.29 is 9.53 Å². The van der Waals surface area contributed by atoms with Crippen molar-refractivity contribution in [3.05, 3.63) is 34.6 Å². The first-order valence-electron chi connectivity index (χ1n) is 12.3. The van der Waals surface area contributed by atoms with Gasteiger partial charge in [0.15, 0.2) is 5.16 Å². The molecule has 0 atom stereocenters. The summed E-state index contributed by atoms with van der Waals surface area (Å²) in [5.74, 6) is 0.262. The second-order valence-electron chi connectivity index (χ2n) is 9.17. The molecule has 180 valence electrons. The van der Waals surface area contributed by atoms with Crippen molar-refractivity contribution >= 4 is 28.6 Å². The van der Waals surface area contributed by atoms with E-state index in [2.05, 4.69) is 17.1 Å². The molecule has 0 spiro atoms. The molecular formula is C25H36N4O3S. The lowest BCUT2D eigenvalue weighted by molar-refractivity contribution is -0.119. The van der Waals surface area contributed by atoms with Gasteiger partial charge in [0.25, 0.3) is 5.56 Å². The molecule has 4 rings (SSSR count). The first kappa shape index (κ1) is 24.2. The van der Waals surface area contributed by atoms with Gasteiger partial charge in [-0.2, -0.15) is 0 Å². The van der Waals surface area contributed by atoms with E-state index in [1.165, 1.54) is 31.0 Å². The van der Waals surface area contributed by atoms with Crippen molar-refractivity contribution in [1.29, 1.82) is 0 Å². The predicted octanol–water partition coefficient (Wildman–Crippen LogP) is 3.44. The lowest BCUT2D eigenvalue weighted by Crippen LogP contribution is -2.59. The Bertz CT molecular complexity index is 997. The zero-order chi connectivity index (χ0) is 23.1. The number of thioether (sulfide) groups is 1. The molecule has 2 aromatic rings. The van der Waals surface area contributed by atoms with Gasteiger partial charge in [0.05, 0.1) is 29.9 Å². The van der Waals surface area contributed by atoms with E-state index in [1.807, 2.05) is 24.3 Å². The highest BCUT2D eigenvalue weighted by Crippen LogP contribution is 2.34. The SMILES string of the molecule is CCCCn1c(SCC(=O)NCC2(N3CCOCC3)CCCCC2)nc2ccccc2c1=O. The van der Waals surface area contributed by atoms with E-state index in [0.717, 1.165) is 52.0 Å². The maximum absolute atomic E-state index is 13.0. The third-order valence-electron chi connectivity index (χ3n) is 6.98. The molecule has 0 radical (unpaired) electrons. The molecule has 1 aromatic carbocycles. The smallest absolute Gasteiger partial charge is 0.262 e. The fraction of sp³-hybridized carbons (Fsp3) is 0.640. The van der Waals surface area contributed by atoms with Crippen LogP contribution in [0.5, 0.6) is 0 Å². The Morgan fingerprint density at radius 2 is 1.94 bits per heavy atom. The average Bonchev–Trinajstić information content (AvgIpc) is 2.87. The fourth-order valence-corrected chi connectivity index (χ4v) is 5.92. The molecule has 1 N–H and O–H groups in total. The van der Waals surface area contributed by atoms with E-state index in [0.29, 0.717) is 29.1 Å². The van der Waals surface area contributed by atoms with Crippen LogP contribution in [0.4, 0.5) is 0 Å². The van der Waals surface area contributed by atoms with Crippen LogP contribution in [0.15, 0.2) is 34.2 Å². The summed E-state index contributed by atoms with van der Waals surface area (Å²) in [7, 11) is 0. The van der Waals surface area contributed by atoms with Gasteiger partial charge in [-0.1, -0.05) is 56.5 Å². The second kappa shape index (κ2) is 11.5. The van der Waals surface area contributed by atoms with Crippen molar-refractivity contribution in [3.8, 4) is 0 Å². The van der Waals surface area contributed by atoms with Crippen molar-refractivity contribution in [2.45, 2.75) is 69.1 Å². The maximum atomic E-state index is 13.0. The maximum Gasteiger partial charge on any atom is 0.262 e. The lowest BCUT2D eigenvalue weighted by atomic mass is 9.79. The Hall–Kier alpha value is -1.90. The minimum absolute atomic E-state index is 0.00246. The van der Waals surface area contributed by atoms with Crippen molar-refractivity contribution in [3.63, 3.8) is 0 Å². The summed E-state index contributed by atoms with van der Waals surface area (Å²) in [6.07, 6.45) is 7.86. The van der Waals surface area contributed by atoms with E-state index < -0.39 is 0 Å². The van der Waals surface area contributed by atoms with Gasteiger partial charge in [-0.25, -0.2) is 4.98 Å². The van der Waals surface area contributed by atoms with Crippen LogP contribution in [0, 0.1) is 0 Å². The highest BCUT2D eigenvalue weighted by atomic mass is 32.2. The molecule has 1 saturated carbocycles. The van der Waals surface area contributed by atoms with Gasteiger partial charge in [0.2, 0.25) is 5.91 Å². The number of morpholine rings is 1. The molecule has 2 aliphatic rings. The highest BCUT2D eigenvalue weighted by Gasteiger charge is 2.38. The third-order valence-corrected chi connectivity index (χ3v) is 7.95. The molecule has 1 saturated heterocycles. The van der Waals surface area contributed by atoms with Crippen LogP contribution < -0.4 is 10.9 Å². The topological polar surface area (TPSA) is 76.5 Å². The van der Waals surface area contributed by atoms with Crippen LogP contribution in [-0.2, 0) is 16.1 Å². The molecule has 2 heterocycles. The zero-order valence-corrected chi connectivity index (χ0v) is 20.5. The van der Waals surface area contributed by atoms with Crippen LogP contribution in [0.3, 0.4) is 0 Å². The number of carbonyl (C=O) groups excluding carboxylic acids is 1. The van der Waals surface area contributed by atoms with Crippen molar-refractivity contribution in [1.82, 2.24) is 19.8 Å². The fourth-order valence-electron chi connectivity index (χ4n) is 5.07. The number of nitrogens with one attached hydrogen (secondary N) is 1. The Morgan fingerprint density at radius 1 is 1.18 bits per heavy atom. The Morgan fingerprint density at radius 3 is 2.70 bits per heavy atom. The minimum atomic E-state index is -0.0227. The molecule has 2 fully saturated rings. The molecule has 7 nitrogen and oxygen atoms in total. The van der Waals surface area contributed by atoms with Crippen molar-refractivity contribution in [2.75, 3.05) is 38.6 Å². The number of para-hydroxylation sites is 1. The predicted molar refractivity (Wildman–Crippen MR) is 133 cm³/mol. The quantitative estimate of drug-likeness (QED) is 0.445. The van der Waals surface area contributed by atoms with E-state index in [4.69, 9.17) is 9.72 Å². The van der Waals surface area contributed by atoms with Crippen LogP contribution in [0.2, 0.25) is 0 Å². The minimum Gasteiger partial charge on any atom is -0.379 e. The molecule has 8 heteroatoms. The normalized spacial score (nSPS) is 18.9. The number of aromatic nitrogens is 2. The number of nitrogens with zero attached hydrogens (tertiary/aromatic N) is 3. The van der Waals surface area contributed by atoms with Crippen LogP contribution in [-0.4, -0.2) is 64.5 Å². The summed E-state index contributed by atoms with van der Waals surface area (Å²) in [5.41, 5.74) is 0.712. The monoisotopic (exact) mass is 472 g/mol. The Balaban J connectivity index is 1.43. The average molecular weight is 473 g/mol. The van der Waals surface area contributed by atoms with Crippen molar-refractivity contribution in [2.24, 2.45) is 0 Å². The number of benzene rings is 1. The summed E-state index contributed by atoms with van der Waals surface area (Å²) in [6.45, 7) is 6.83. The third kappa shape index (κ3) is 5.78. The van der Waals surface area contributed by atoms with Crippen LogP contribution in [0.1, 0.15) is 51.9 Å². The molecule has 1 amide bonds. The highest BCUT2D eigenvalue weighted by molar-refractivity contribution is 7.99. The van der Waals surface area contributed by atoms with Gasteiger partial charge in [-0.05, 0) is 31.4 Å². The molecule has 1 aromatic heterocycles. The number of amides is 1. The summed E-state index contributed by atoms with van der Waals surface area (Å²) in [6, 6.07) is 7.44. The first-order chi connectivity index (χ1) is 16.1. The van der Waals surface area contributed by atoms with E-state index >= 15 is 0 Å². The van der Waals surface area contributed by atoms with Gasteiger partial charge in [-0.3, -0.25) is 19.1 Å². The summed E-state index contributed by atoms with van der Waals surface area (Å²) < 4.78 is 7.30. The second-order valence-corrected chi connectivity index (χ2v) is 10.1. The van der Waals surface area contributed by atoms with Gasteiger partial charge in [0.1, 0.15) is 0 Å². The lowest BCUT2D eigenvalue weighted by Gasteiger charge is -2.48. The van der Waals surface area contributed by atoms with Crippen LogP contribution >= 0.6 is 11.8 Å². The number of rotatable bonds is 9. The Labute approximate surface area is 200 Å². The molecule has 0 unspecified atom stereocenters. The Kier molecular flexibility index (Phi) is 8.44. The number of ether oxygens (including phenoxy) is 1. The van der Waals surface area contributed by atoms with Gasteiger partial charge < -0.3 is 10.1 Å². The molecule has 1 aliphatic heterocycles. The number of carbonyl (C=O) groups is 1. The summed E-state index contributed by atoms with van der Waals surface area (Å²) in [5, 5.41) is 4.48. The molecule has 1 aliphatic carbocycles. The number of fused-ring (bicyclic) bond motifs is 1. The molecule has 0 bridgehead atoms. The number of hydrogen-bond acceptors (Lipinski definition) is 6. The molecular weight excluding hydrogens is 436 g/mol. The van der Waals surface area contributed by atoms with E-state index in [9.17, 15) is 9.59 Å². The van der Waals surface area contributed by atoms with Gasteiger partial charge in [0, 0.05) is 31.7 Å². The van der Waals surface area contributed by atoms with Crippen LogP contribution in [0.25, 0.3) is 10.9 Å². The zero-order valence-electron chi connectivity index (χ0n) is 19.7. The van der Waals surface area contributed by atoms with Gasteiger partial charge in [-0.15, -0.1) is 0 Å². The number of hydrogen-bond donors (Lipinski definition) is 1. The standard InChI is InChI=1S/C25H36N4O3S/c1-2-3-13-29-23(31)20-9-5-6-10-21(20)27-24(29)33-18-22(30)26-19-25(11-7-4-8-12-25)28-14-16-32-17-15-28/h5-6,9-10H,2-4,7-8,11-19H2,1H3,(H,26,30). The summed E-state index contributed by atoms with van der Waals surface area (Å²) >= 11 is 1.36.